The minimum Gasteiger partial charge on any atom is -0.398 e. The summed E-state index contributed by atoms with van der Waals surface area (Å²) in [5.41, 5.74) is 7.50. The standard InChI is InChI=1S/C12H13N3O4S/c13-9-3-1-2-7-8(9)6-15(12(7)17)10-4-5-20(18,19)14-11(10)16/h1-3,10H,4-6,13H2,(H,14,16). The van der Waals surface area contributed by atoms with E-state index in [1.807, 2.05) is 4.72 Å². The predicted molar refractivity (Wildman–Crippen MR) is 71.1 cm³/mol. The first-order chi connectivity index (χ1) is 9.39. The maximum Gasteiger partial charge on any atom is 0.256 e. The molecule has 106 valence electrons. The molecule has 1 saturated heterocycles. The fraction of sp³-hybridized carbons (Fsp3) is 0.333. The molecule has 2 aliphatic rings. The normalized spacial score (nSPS) is 24.4. The number of rotatable bonds is 1. The highest BCUT2D eigenvalue weighted by molar-refractivity contribution is 7.90. The molecule has 2 aliphatic heterocycles. The molecule has 3 N–H and O–H groups in total. The SMILES string of the molecule is Nc1cccc2c1CN(C1CCS(=O)(=O)NC1=O)C2=O. The molecule has 0 saturated carbocycles. The summed E-state index contributed by atoms with van der Waals surface area (Å²) in [7, 11) is -3.55. The molecule has 1 fully saturated rings. The number of carbonyl (C=O) groups excluding carboxylic acids is 2. The maximum atomic E-state index is 12.3. The van der Waals surface area contributed by atoms with Crippen LogP contribution in [0.15, 0.2) is 18.2 Å². The van der Waals surface area contributed by atoms with Gasteiger partial charge in [-0.05, 0) is 18.6 Å². The summed E-state index contributed by atoms with van der Waals surface area (Å²) in [5.74, 6) is -1.11. The molecule has 1 aromatic carbocycles. The summed E-state index contributed by atoms with van der Waals surface area (Å²) in [6.07, 6.45) is 0.105. The minimum atomic E-state index is -3.55. The van der Waals surface area contributed by atoms with Crippen LogP contribution in [0.3, 0.4) is 0 Å². The Kier molecular flexibility index (Phi) is 2.72. The van der Waals surface area contributed by atoms with E-state index in [0.29, 0.717) is 16.8 Å². The Hall–Kier alpha value is -2.09. The summed E-state index contributed by atoms with van der Waals surface area (Å²) in [6.45, 7) is 0.235. The molecule has 0 radical (unpaired) electrons. The Morgan fingerprint density at radius 1 is 1.30 bits per heavy atom. The van der Waals surface area contributed by atoms with Crippen molar-refractivity contribution in [1.82, 2.24) is 9.62 Å². The Morgan fingerprint density at radius 2 is 2.05 bits per heavy atom. The van der Waals surface area contributed by atoms with Gasteiger partial charge in [-0.2, -0.15) is 0 Å². The van der Waals surface area contributed by atoms with Crippen LogP contribution in [0.5, 0.6) is 0 Å². The largest absolute Gasteiger partial charge is 0.398 e. The Balaban J connectivity index is 1.90. The summed E-state index contributed by atoms with van der Waals surface area (Å²) < 4.78 is 24.6. The molecular formula is C12H13N3O4S. The van der Waals surface area contributed by atoms with E-state index in [9.17, 15) is 18.0 Å². The fourth-order valence-electron chi connectivity index (χ4n) is 2.60. The Bertz CT molecular complexity index is 713. The molecule has 7 nitrogen and oxygen atoms in total. The van der Waals surface area contributed by atoms with Crippen molar-refractivity contribution in [1.29, 1.82) is 0 Å². The lowest BCUT2D eigenvalue weighted by Crippen LogP contribution is -2.53. The van der Waals surface area contributed by atoms with Crippen molar-refractivity contribution < 1.29 is 18.0 Å². The number of nitrogens with two attached hydrogens (primary N) is 1. The van der Waals surface area contributed by atoms with Crippen molar-refractivity contribution in [3.8, 4) is 0 Å². The van der Waals surface area contributed by atoms with Crippen molar-refractivity contribution in [3.05, 3.63) is 29.3 Å². The summed E-state index contributed by atoms with van der Waals surface area (Å²) in [5, 5.41) is 0. The van der Waals surface area contributed by atoms with Crippen LogP contribution in [0.1, 0.15) is 22.3 Å². The lowest BCUT2D eigenvalue weighted by Gasteiger charge is -2.29. The number of nitrogens with zero attached hydrogens (tertiary/aromatic N) is 1. The van der Waals surface area contributed by atoms with Gasteiger partial charge in [0.05, 0.1) is 5.75 Å². The maximum absolute atomic E-state index is 12.3. The number of carbonyl (C=O) groups is 2. The highest BCUT2D eigenvalue weighted by Gasteiger charge is 2.41. The zero-order valence-corrected chi connectivity index (χ0v) is 11.3. The third kappa shape index (κ3) is 1.92. The molecule has 2 amide bonds. The molecular weight excluding hydrogens is 282 g/mol. The first-order valence-electron chi connectivity index (χ1n) is 6.12. The zero-order valence-electron chi connectivity index (χ0n) is 10.5. The molecule has 0 bridgehead atoms. The van der Waals surface area contributed by atoms with Gasteiger partial charge in [0.15, 0.2) is 0 Å². The fourth-order valence-corrected chi connectivity index (χ4v) is 3.68. The van der Waals surface area contributed by atoms with Crippen LogP contribution in [0, 0.1) is 0 Å². The van der Waals surface area contributed by atoms with Crippen LogP contribution in [-0.4, -0.2) is 36.9 Å². The first kappa shape index (κ1) is 12.9. The number of benzene rings is 1. The monoisotopic (exact) mass is 295 g/mol. The highest BCUT2D eigenvalue weighted by Crippen LogP contribution is 2.30. The lowest BCUT2D eigenvalue weighted by molar-refractivity contribution is -0.124. The van der Waals surface area contributed by atoms with E-state index in [1.54, 1.807) is 18.2 Å². The van der Waals surface area contributed by atoms with Crippen LogP contribution in [0.4, 0.5) is 5.69 Å². The average molecular weight is 295 g/mol. The number of nitrogens with one attached hydrogen (secondary N) is 1. The second kappa shape index (κ2) is 4.20. The summed E-state index contributed by atoms with van der Waals surface area (Å²) in [6, 6.07) is 4.27. The van der Waals surface area contributed by atoms with Crippen molar-refractivity contribution in [2.45, 2.75) is 19.0 Å². The number of hydrogen-bond acceptors (Lipinski definition) is 5. The van der Waals surface area contributed by atoms with E-state index >= 15 is 0 Å². The van der Waals surface area contributed by atoms with Crippen molar-refractivity contribution >= 4 is 27.5 Å². The third-order valence-corrected chi connectivity index (χ3v) is 4.91. The van der Waals surface area contributed by atoms with Gasteiger partial charge in [-0.15, -0.1) is 0 Å². The van der Waals surface area contributed by atoms with E-state index in [-0.39, 0.29) is 24.6 Å². The smallest absolute Gasteiger partial charge is 0.256 e. The Labute approximate surface area is 115 Å². The number of hydrogen-bond donors (Lipinski definition) is 2. The van der Waals surface area contributed by atoms with E-state index in [0.717, 1.165) is 0 Å². The van der Waals surface area contributed by atoms with E-state index in [1.165, 1.54) is 4.90 Å². The number of fused-ring (bicyclic) bond motifs is 1. The van der Waals surface area contributed by atoms with Gasteiger partial charge < -0.3 is 10.6 Å². The molecule has 0 aromatic heterocycles. The second-order valence-electron chi connectivity index (χ2n) is 4.90. The highest BCUT2D eigenvalue weighted by atomic mass is 32.2. The number of nitrogen functional groups attached to an aromatic ring is 1. The van der Waals surface area contributed by atoms with Gasteiger partial charge in [0.1, 0.15) is 6.04 Å². The summed E-state index contributed by atoms with van der Waals surface area (Å²) in [4.78, 5) is 25.5. The average Bonchev–Trinajstić information content (AvgIpc) is 2.68. The molecule has 3 rings (SSSR count). The minimum absolute atomic E-state index is 0.105. The van der Waals surface area contributed by atoms with Crippen LogP contribution >= 0.6 is 0 Å². The Morgan fingerprint density at radius 3 is 2.70 bits per heavy atom. The lowest BCUT2D eigenvalue weighted by atomic mass is 10.1. The van der Waals surface area contributed by atoms with Crippen LogP contribution < -0.4 is 10.5 Å². The molecule has 1 unspecified atom stereocenters. The van der Waals surface area contributed by atoms with Gasteiger partial charge in [-0.3, -0.25) is 14.3 Å². The van der Waals surface area contributed by atoms with Gasteiger partial charge in [0.2, 0.25) is 10.0 Å². The molecule has 1 atom stereocenters. The van der Waals surface area contributed by atoms with Crippen LogP contribution in [0.2, 0.25) is 0 Å². The van der Waals surface area contributed by atoms with Gasteiger partial charge in [0.25, 0.3) is 11.8 Å². The molecule has 0 aliphatic carbocycles. The van der Waals surface area contributed by atoms with Gasteiger partial charge in [-0.1, -0.05) is 6.07 Å². The van der Waals surface area contributed by atoms with E-state index < -0.39 is 22.0 Å². The zero-order chi connectivity index (χ0) is 14.5. The van der Waals surface area contributed by atoms with E-state index in [4.69, 9.17) is 5.73 Å². The predicted octanol–water partition coefficient (Wildman–Crippen LogP) is -0.557. The molecule has 20 heavy (non-hydrogen) atoms. The number of anilines is 1. The first-order valence-corrected chi connectivity index (χ1v) is 7.77. The molecule has 1 aromatic rings. The van der Waals surface area contributed by atoms with Crippen molar-refractivity contribution in [2.75, 3.05) is 11.5 Å². The van der Waals surface area contributed by atoms with Gasteiger partial charge in [-0.25, -0.2) is 8.42 Å². The van der Waals surface area contributed by atoms with Crippen LogP contribution in [-0.2, 0) is 21.4 Å². The van der Waals surface area contributed by atoms with E-state index in [2.05, 4.69) is 0 Å². The van der Waals surface area contributed by atoms with Crippen molar-refractivity contribution in [3.63, 3.8) is 0 Å². The van der Waals surface area contributed by atoms with Crippen molar-refractivity contribution in [2.24, 2.45) is 0 Å². The molecule has 0 spiro atoms. The number of amides is 2. The molecule has 2 heterocycles. The quantitative estimate of drug-likeness (QED) is 0.675. The van der Waals surface area contributed by atoms with Gasteiger partial charge in [0, 0.05) is 23.4 Å². The van der Waals surface area contributed by atoms with Crippen LogP contribution in [0.25, 0.3) is 0 Å². The summed E-state index contributed by atoms with van der Waals surface area (Å²) >= 11 is 0. The number of sulfonamides is 1. The molecule has 8 heteroatoms. The van der Waals surface area contributed by atoms with Gasteiger partial charge >= 0.3 is 0 Å². The third-order valence-electron chi connectivity index (χ3n) is 3.63. The second-order valence-corrected chi connectivity index (χ2v) is 6.74. The topological polar surface area (TPSA) is 110 Å².